The SMILES string of the molecule is Cc1cccc(OCCCSc2ncc[nH]2)c1. The maximum atomic E-state index is 5.66. The summed E-state index contributed by atoms with van der Waals surface area (Å²) in [6.45, 7) is 2.82. The van der Waals surface area contributed by atoms with Crippen LogP contribution in [0.2, 0.25) is 0 Å². The van der Waals surface area contributed by atoms with Gasteiger partial charge in [-0.05, 0) is 31.0 Å². The minimum absolute atomic E-state index is 0.747. The van der Waals surface area contributed by atoms with Crippen molar-refractivity contribution in [3.8, 4) is 5.75 Å². The molecule has 2 aromatic rings. The van der Waals surface area contributed by atoms with Gasteiger partial charge in [0.15, 0.2) is 5.16 Å². The molecule has 0 saturated carbocycles. The molecule has 4 heteroatoms. The molecule has 2 rings (SSSR count). The van der Waals surface area contributed by atoms with Crippen molar-refractivity contribution in [3.63, 3.8) is 0 Å². The van der Waals surface area contributed by atoms with E-state index in [4.69, 9.17) is 4.74 Å². The molecule has 0 saturated heterocycles. The monoisotopic (exact) mass is 248 g/mol. The number of rotatable bonds is 6. The van der Waals surface area contributed by atoms with E-state index in [2.05, 4.69) is 29.0 Å². The highest BCUT2D eigenvalue weighted by atomic mass is 32.2. The van der Waals surface area contributed by atoms with E-state index >= 15 is 0 Å². The lowest BCUT2D eigenvalue weighted by Crippen LogP contribution is -1.98. The van der Waals surface area contributed by atoms with Gasteiger partial charge in [-0.3, -0.25) is 0 Å². The number of hydrogen-bond donors (Lipinski definition) is 1. The molecule has 0 aliphatic heterocycles. The fourth-order valence-corrected chi connectivity index (χ4v) is 2.19. The standard InChI is InChI=1S/C13H16N2OS/c1-11-4-2-5-12(10-11)16-8-3-9-17-13-14-6-7-15-13/h2,4-7,10H,3,8-9H2,1H3,(H,14,15). The van der Waals surface area contributed by atoms with Crippen LogP contribution in [0.15, 0.2) is 41.8 Å². The number of aryl methyl sites for hydroxylation is 1. The zero-order valence-electron chi connectivity index (χ0n) is 9.85. The summed E-state index contributed by atoms with van der Waals surface area (Å²) in [5.41, 5.74) is 1.23. The average molecular weight is 248 g/mol. The number of imidazole rings is 1. The molecule has 90 valence electrons. The van der Waals surface area contributed by atoms with Crippen molar-refractivity contribution >= 4 is 11.8 Å². The fraction of sp³-hybridized carbons (Fsp3) is 0.308. The lowest BCUT2D eigenvalue weighted by atomic mass is 10.2. The first-order valence-corrected chi connectivity index (χ1v) is 6.65. The summed E-state index contributed by atoms with van der Waals surface area (Å²) in [5.74, 6) is 1.97. The Hall–Kier alpha value is -1.42. The number of aromatic nitrogens is 2. The molecule has 0 fully saturated rings. The molecule has 1 aromatic heterocycles. The first-order valence-electron chi connectivity index (χ1n) is 5.66. The van der Waals surface area contributed by atoms with Crippen molar-refractivity contribution in [2.45, 2.75) is 18.5 Å². The second-order valence-electron chi connectivity index (χ2n) is 3.76. The maximum absolute atomic E-state index is 5.66. The Morgan fingerprint density at radius 1 is 1.41 bits per heavy atom. The van der Waals surface area contributed by atoms with Crippen molar-refractivity contribution in [2.24, 2.45) is 0 Å². The maximum Gasteiger partial charge on any atom is 0.165 e. The molecule has 3 nitrogen and oxygen atoms in total. The van der Waals surface area contributed by atoms with Crippen molar-refractivity contribution in [1.29, 1.82) is 0 Å². The van der Waals surface area contributed by atoms with E-state index in [1.165, 1.54) is 5.56 Å². The van der Waals surface area contributed by atoms with Crippen LogP contribution in [0.3, 0.4) is 0 Å². The van der Waals surface area contributed by atoms with E-state index < -0.39 is 0 Å². The number of thioether (sulfide) groups is 1. The zero-order valence-corrected chi connectivity index (χ0v) is 10.7. The van der Waals surface area contributed by atoms with Crippen molar-refractivity contribution in [1.82, 2.24) is 9.97 Å². The molecule has 1 heterocycles. The Bertz CT molecular complexity index is 442. The van der Waals surface area contributed by atoms with Gasteiger partial charge < -0.3 is 9.72 Å². The summed E-state index contributed by atoms with van der Waals surface area (Å²) in [6, 6.07) is 8.13. The number of hydrogen-bond acceptors (Lipinski definition) is 3. The highest BCUT2D eigenvalue weighted by Gasteiger charge is 1.97. The molecule has 1 aromatic carbocycles. The van der Waals surface area contributed by atoms with E-state index in [-0.39, 0.29) is 0 Å². The van der Waals surface area contributed by atoms with Crippen LogP contribution < -0.4 is 4.74 Å². The molecule has 0 amide bonds. The Morgan fingerprint density at radius 2 is 2.35 bits per heavy atom. The number of benzene rings is 1. The third-order valence-electron chi connectivity index (χ3n) is 2.26. The highest BCUT2D eigenvalue weighted by molar-refractivity contribution is 7.99. The van der Waals surface area contributed by atoms with Gasteiger partial charge >= 0.3 is 0 Å². The number of ether oxygens (including phenoxy) is 1. The Kier molecular flexibility index (Phi) is 4.50. The topological polar surface area (TPSA) is 37.9 Å². The quantitative estimate of drug-likeness (QED) is 0.629. The minimum atomic E-state index is 0.747. The molecule has 17 heavy (non-hydrogen) atoms. The highest BCUT2D eigenvalue weighted by Crippen LogP contribution is 2.15. The van der Waals surface area contributed by atoms with Gasteiger partial charge in [-0.2, -0.15) is 0 Å². The summed E-state index contributed by atoms with van der Waals surface area (Å²) in [5, 5.41) is 0.973. The average Bonchev–Trinajstić information content (AvgIpc) is 2.82. The largest absolute Gasteiger partial charge is 0.494 e. The lowest BCUT2D eigenvalue weighted by Gasteiger charge is -2.05. The first kappa shape index (κ1) is 12.0. The van der Waals surface area contributed by atoms with E-state index in [9.17, 15) is 0 Å². The van der Waals surface area contributed by atoms with Gasteiger partial charge in [-0.1, -0.05) is 23.9 Å². The minimum Gasteiger partial charge on any atom is -0.494 e. The van der Waals surface area contributed by atoms with Crippen LogP contribution in [0.25, 0.3) is 0 Å². The Morgan fingerprint density at radius 3 is 3.12 bits per heavy atom. The third kappa shape index (κ3) is 4.15. The van der Waals surface area contributed by atoms with Gasteiger partial charge in [-0.15, -0.1) is 0 Å². The van der Waals surface area contributed by atoms with Gasteiger partial charge in [0.25, 0.3) is 0 Å². The number of nitrogens with one attached hydrogen (secondary N) is 1. The molecule has 1 N–H and O–H groups in total. The van der Waals surface area contributed by atoms with Crippen LogP contribution in [0, 0.1) is 6.92 Å². The second-order valence-corrected chi connectivity index (χ2v) is 4.84. The van der Waals surface area contributed by atoms with Crippen LogP contribution in [-0.4, -0.2) is 22.3 Å². The molecule has 0 atom stereocenters. The van der Waals surface area contributed by atoms with Crippen molar-refractivity contribution in [2.75, 3.05) is 12.4 Å². The fourth-order valence-electron chi connectivity index (χ4n) is 1.45. The van der Waals surface area contributed by atoms with Gasteiger partial charge in [0.1, 0.15) is 5.75 Å². The third-order valence-corrected chi connectivity index (χ3v) is 3.25. The van der Waals surface area contributed by atoms with Gasteiger partial charge in [0, 0.05) is 18.1 Å². The summed E-state index contributed by atoms with van der Waals surface area (Å²) in [7, 11) is 0. The van der Waals surface area contributed by atoms with Crippen LogP contribution in [0.5, 0.6) is 5.75 Å². The van der Waals surface area contributed by atoms with Gasteiger partial charge in [-0.25, -0.2) is 4.98 Å². The molecule has 0 aliphatic carbocycles. The van der Waals surface area contributed by atoms with E-state index in [0.29, 0.717) is 0 Å². The molecule has 0 unspecified atom stereocenters. The lowest BCUT2D eigenvalue weighted by molar-refractivity contribution is 0.318. The molecule has 0 bridgehead atoms. The Labute approximate surface area is 106 Å². The summed E-state index contributed by atoms with van der Waals surface area (Å²) < 4.78 is 5.66. The molecule has 0 radical (unpaired) electrons. The molecule has 0 spiro atoms. The van der Waals surface area contributed by atoms with Crippen molar-refractivity contribution in [3.05, 3.63) is 42.2 Å². The van der Waals surface area contributed by atoms with E-state index in [1.807, 2.05) is 18.3 Å². The van der Waals surface area contributed by atoms with E-state index in [1.54, 1.807) is 18.0 Å². The number of aromatic amines is 1. The van der Waals surface area contributed by atoms with Crippen LogP contribution in [-0.2, 0) is 0 Å². The number of nitrogens with zero attached hydrogens (tertiary/aromatic N) is 1. The van der Waals surface area contributed by atoms with Gasteiger partial charge in [0.05, 0.1) is 6.61 Å². The van der Waals surface area contributed by atoms with Crippen LogP contribution in [0.1, 0.15) is 12.0 Å². The Balaban J connectivity index is 1.63. The predicted molar refractivity (Wildman–Crippen MR) is 70.6 cm³/mol. The molecular weight excluding hydrogens is 232 g/mol. The summed E-state index contributed by atoms with van der Waals surface area (Å²) >= 11 is 1.72. The van der Waals surface area contributed by atoms with E-state index in [0.717, 1.165) is 29.7 Å². The number of H-pyrrole nitrogens is 1. The summed E-state index contributed by atoms with van der Waals surface area (Å²) in [6.07, 6.45) is 4.62. The predicted octanol–water partition coefficient (Wildman–Crippen LogP) is 3.28. The molecule has 0 aliphatic rings. The van der Waals surface area contributed by atoms with Gasteiger partial charge in [0.2, 0.25) is 0 Å². The molecular formula is C13H16N2OS. The van der Waals surface area contributed by atoms with Crippen LogP contribution >= 0.6 is 11.8 Å². The first-order chi connectivity index (χ1) is 8.34. The normalized spacial score (nSPS) is 10.4. The summed E-state index contributed by atoms with van der Waals surface area (Å²) in [4.78, 5) is 7.21. The van der Waals surface area contributed by atoms with Crippen molar-refractivity contribution < 1.29 is 4.74 Å². The zero-order chi connectivity index (χ0) is 11.9. The second kappa shape index (κ2) is 6.35. The van der Waals surface area contributed by atoms with Crippen LogP contribution in [0.4, 0.5) is 0 Å². The smallest absolute Gasteiger partial charge is 0.165 e.